The first-order valence-electron chi connectivity index (χ1n) is 5.77. The topological polar surface area (TPSA) is 50.7 Å². The van der Waals surface area contributed by atoms with E-state index in [1.807, 2.05) is 18.2 Å². The maximum Gasteiger partial charge on any atom is 0.123 e. The van der Waals surface area contributed by atoms with Gasteiger partial charge in [0.15, 0.2) is 0 Å². The fraction of sp³-hybridized carbons (Fsp3) is 0.538. The van der Waals surface area contributed by atoms with Crippen LogP contribution in [0.5, 0.6) is 11.5 Å². The zero-order valence-corrected chi connectivity index (χ0v) is 10.7. The standard InChI is InChI=1S/C13H21NO3/c1-10(15)6-7-14-9-11-8-12(16-2)4-5-13(11)17-3/h4-5,8,10,14-15H,6-7,9H2,1-3H3. The Balaban J connectivity index is 2.55. The molecule has 0 radical (unpaired) electrons. The van der Waals surface area contributed by atoms with Gasteiger partial charge in [0, 0.05) is 12.1 Å². The molecule has 1 aromatic carbocycles. The third kappa shape index (κ3) is 4.63. The second kappa shape index (κ2) is 7.14. The normalized spacial score (nSPS) is 12.2. The molecule has 0 saturated heterocycles. The van der Waals surface area contributed by atoms with E-state index in [0.717, 1.165) is 30.0 Å². The minimum Gasteiger partial charge on any atom is -0.497 e. The molecule has 1 aromatic rings. The van der Waals surface area contributed by atoms with E-state index < -0.39 is 0 Å². The summed E-state index contributed by atoms with van der Waals surface area (Å²) in [7, 11) is 3.30. The van der Waals surface area contributed by atoms with Crippen molar-refractivity contribution in [3.05, 3.63) is 23.8 Å². The zero-order valence-electron chi connectivity index (χ0n) is 10.7. The van der Waals surface area contributed by atoms with Crippen LogP contribution in [0.25, 0.3) is 0 Å². The van der Waals surface area contributed by atoms with E-state index in [0.29, 0.717) is 6.54 Å². The molecule has 1 unspecified atom stereocenters. The fourth-order valence-corrected chi connectivity index (χ4v) is 1.55. The van der Waals surface area contributed by atoms with Crippen LogP contribution in [-0.4, -0.2) is 32.0 Å². The summed E-state index contributed by atoms with van der Waals surface area (Å²) in [6.07, 6.45) is 0.474. The first-order chi connectivity index (χ1) is 8.17. The van der Waals surface area contributed by atoms with Gasteiger partial charge in [0.05, 0.1) is 20.3 Å². The SMILES string of the molecule is COc1ccc(OC)c(CNCCC(C)O)c1. The van der Waals surface area contributed by atoms with Crippen molar-refractivity contribution < 1.29 is 14.6 Å². The van der Waals surface area contributed by atoms with Crippen molar-refractivity contribution in [1.29, 1.82) is 0 Å². The molecule has 0 heterocycles. The third-order valence-corrected chi connectivity index (χ3v) is 2.54. The Hall–Kier alpha value is -1.26. The number of benzene rings is 1. The van der Waals surface area contributed by atoms with Gasteiger partial charge in [0.25, 0.3) is 0 Å². The molecular formula is C13H21NO3. The van der Waals surface area contributed by atoms with E-state index in [-0.39, 0.29) is 6.10 Å². The van der Waals surface area contributed by atoms with Gasteiger partial charge in [0.2, 0.25) is 0 Å². The molecular weight excluding hydrogens is 218 g/mol. The number of ether oxygens (including phenoxy) is 2. The van der Waals surface area contributed by atoms with E-state index >= 15 is 0 Å². The van der Waals surface area contributed by atoms with Crippen LogP contribution in [0.2, 0.25) is 0 Å². The Labute approximate surface area is 103 Å². The molecule has 1 atom stereocenters. The lowest BCUT2D eigenvalue weighted by Gasteiger charge is -2.11. The summed E-state index contributed by atoms with van der Waals surface area (Å²) >= 11 is 0. The van der Waals surface area contributed by atoms with Gasteiger partial charge >= 0.3 is 0 Å². The molecule has 96 valence electrons. The second-order valence-electron chi connectivity index (χ2n) is 3.99. The number of aliphatic hydroxyl groups is 1. The van der Waals surface area contributed by atoms with Crippen molar-refractivity contribution in [2.45, 2.75) is 26.0 Å². The Morgan fingerprint density at radius 1 is 1.29 bits per heavy atom. The maximum absolute atomic E-state index is 9.15. The van der Waals surface area contributed by atoms with Crippen molar-refractivity contribution in [2.24, 2.45) is 0 Å². The number of rotatable bonds is 7. The second-order valence-corrected chi connectivity index (χ2v) is 3.99. The molecule has 0 aromatic heterocycles. The fourth-order valence-electron chi connectivity index (χ4n) is 1.55. The van der Waals surface area contributed by atoms with Gasteiger partial charge in [-0.1, -0.05) is 0 Å². The molecule has 17 heavy (non-hydrogen) atoms. The van der Waals surface area contributed by atoms with Gasteiger partial charge in [-0.15, -0.1) is 0 Å². The van der Waals surface area contributed by atoms with Crippen molar-refractivity contribution in [2.75, 3.05) is 20.8 Å². The Morgan fingerprint density at radius 2 is 2.06 bits per heavy atom. The van der Waals surface area contributed by atoms with E-state index in [9.17, 15) is 0 Å². The summed E-state index contributed by atoms with van der Waals surface area (Å²) in [4.78, 5) is 0. The van der Waals surface area contributed by atoms with Crippen molar-refractivity contribution in [1.82, 2.24) is 5.32 Å². The predicted octanol–water partition coefficient (Wildman–Crippen LogP) is 1.56. The molecule has 0 saturated carbocycles. The molecule has 4 nitrogen and oxygen atoms in total. The first-order valence-corrected chi connectivity index (χ1v) is 5.77. The average molecular weight is 239 g/mol. The van der Waals surface area contributed by atoms with Crippen LogP contribution < -0.4 is 14.8 Å². The summed E-state index contributed by atoms with van der Waals surface area (Å²) in [6, 6.07) is 5.72. The summed E-state index contributed by atoms with van der Waals surface area (Å²) in [5.74, 6) is 1.66. The van der Waals surface area contributed by atoms with Gasteiger partial charge in [-0.05, 0) is 38.1 Å². The van der Waals surface area contributed by atoms with Crippen LogP contribution in [-0.2, 0) is 6.54 Å². The lowest BCUT2D eigenvalue weighted by molar-refractivity contribution is 0.183. The Kier molecular flexibility index (Phi) is 5.80. The van der Waals surface area contributed by atoms with E-state index in [4.69, 9.17) is 14.6 Å². The largest absolute Gasteiger partial charge is 0.497 e. The lowest BCUT2D eigenvalue weighted by Crippen LogP contribution is -2.19. The Bertz CT molecular complexity index is 339. The van der Waals surface area contributed by atoms with Gasteiger partial charge in [-0.2, -0.15) is 0 Å². The minimum absolute atomic E-state index is 0.269. The molecule has 0 fully saturated rings. The van der Waals surface area contributed by atoms with Crippen LogP contribution >= 0.6 is 0 Å². The number of methoxy groups -OCH3 is 2. The summed E-state index contributed by atoms with van der Waals surface area (Å²) in [6.45, 7) is 3.26. The molecule has 2 N–H and O–H groups in total. The highest BCUT2D eigenvalue weighted by Gasteiger charge is 2.04. The van der Waals surface area contributed by atoms with Crippen LogP contribution in [0.4, 0.5) is 0 Å². The van der Waals surface area contributed by atoms with Crippen LogP contribution in [0.15, 0.2) is 18.2 Å². The van der Waals surface area contributed by atoms with Gasteiger partial charge in [-0.25, -0.2) is 0 Å². The number of hydrogen-bond acceptors (Lipinski definition) is 4. The maximum atomic E-state index is 9.15. The van der Waals surface area contributed by atoms with Crippen molar-refractivity contribution in [3.8, 4) is 11.5 Å². The summed E-state index contributed by atoms with van der Waals surface area (Å²) < 4.78 is 10.5. The van der Waals surface area contributed by atoms with Gasteiger partial charge in [-0.3, -0.25) is 0 Å². The monoisotopic (exact) mass is 239 g/mol. The molecule has 0 aliphatic heterocycles. The van der Waals surface area contributed by atoms with Gasteiger partial charge < -0.3 is 19.9 Å². The van der Waals surface area contributed by atoms with E-state index in [1.54, 1.807) is 21.1 Å². The molecule has 0 spiro atoms. The van der Waals surface area contributed by atoms with E-state index in [1.165, 1.54) is 0 Å². The first kappa shape index (κ1) is 13.8. The lowest BCUT2D eigenvalue weighted by atomic mass is 10.2. The molecule has 0 amide bonds. The smallest absolute Gasteiger partial charge is 0.123 e. The third-order valence-electron chi connectivity index (χ3n) is 2.54. The summed E-state index contributed by atoms with van der Waals surface area (Å²) in [5, 5.41) is 12.4. The number of aliphatic hydroxyl groups excluding tert-OH is 1. The van der Waals surface area contributed by atoms with Crippen LogP contribution in [0.1, 0.15) is 18.9 Å². The van der Waals surface area contributed by atoms with Gasteiger partial charge in [0.1, 0.15) is 11.5 Å². The molecule has 1 rings (SSSR count). The highest BCUT2D eigenvalue weighted by atomic mass is 16.5. The molecule has 4 heteroatoms. The van der Waals surface area contributed by atoms with Crippen LogP contribution in [0.3, 0.4) is 0 Å². The zero-order chi connectivity index (χ0) is 12.7. The average Bonchev–Trinajstić information content (AvgIpc) is 2.34. The van der Waals surface area contributed by atoms with Crippen molar-refractivity contribution >= 4 is 0 Å². The number of nitrogens with one attached hydrogen (secondary N) is 1. The van der Waals surface area contributed by atoms with Crippen LogP contribution in [0, 0.1) is 0 Å². The van der Waals surface area contributed by atoms with Crippen molar-refractivity contribution in [3.63, 3.8) is 0 Å². The highest BCUT2D eigenvalue weighted by molar-refractivity contribution is 5.40. The predicted molar refractivity (Wildman–Crippen MR) is 67.6 cm³/mol. The quantitative estimate of drug-likeness (QED) is 0.709. The number of hydrogen-bond donors (Lipinski definition) is 2. The molecule has 0 bridgehead atoms. The molecule has 0 aliphatic carbocycles. The molecule has 0 aliphatic rings. The summed E-state index contributed by atoms with van der Waals surface area (Å²) in [5.41, 5.74) is 1.05. The highest BCUT2D eigenvalue weighted by Crippen LogP contribution is 2.23. The minimum atomic E-state index is -0.269. The Morgan fingerprint density at radius 3 is 2.65 bits per heavy atom. The van der Waals surface area contributed by atoms with E-state index in [2.05, 4.69) is 5.32 Å².